The van der Waals surface area contributed by atoms with Gasteiger partial charge < -0.3 is 18.9 Å². The van der Waals surface area contributed by atoms with Gasteiger partial charge in [-0.1, -0.05) is 18.2 Å². The molecule has 6 heteroatoms. The highest BCUT2D eigenvalue weighted by atomic mass is 16.6. The Hall–Kier alpha value is -1.53. The minimum Gasteiger partial charge on any atom is -0.444 e. The second-order valence-electron chi connectivity index (χ2n) is 6.80. The zero-order valence-electron chi connectivity index (χ0n) is 14.7. The highest BCUT2D eigenvalue weighted by molar-refractivity contribution is 6.61. The summed E-state index contributed by atoms with van der Waals surface area (Å²) >= 11 is 0. The molecule has 0 N–H and O–H groups in total. The lowest BCUT2D eigenvalue weighted by Gasteiger charge is -2.26. The predicted octanol–water partition coefficient (Wildman–Crippen LogP) is 2.01. The standard InChI is InChI=1S/C17H26BNO4/c1-17(2,3)23-16(20)19-10-8-13-6-7-15(18(21-4)22-5)12-14(13)9-11-19/h6-7,12H,8-11H2,1-5H3. The van der Waals surface area contributed by atoms with Gasteiger partial charge >= 0.3 is 13.2 Å². The Labute approximate surface area is 139 Å². The van der Waals surface area contributed by atoms with Gasteiger partial charge in [0.25, 0.3) is 0 Å². The van der Waals surface area contributed by atoms with E-state index in [9.17, 15) is 4.79 Å². The minimum atomic E-state index is -0.465. The van der Waals surface area contributed by atoms with Gasteiger partial charge in [-0.25, -0.2) is 4.79 Å². The molecule has 1 aromatic carbocycles. The number of carbonyl (C=O) groups is 1. The summed E-state index contributed by atoms with van der Waals surface area (Å²) in [5, 5.41) is 0. The van der Waals surface area contributed by atoms with Crippen LogP contribution in [0.1, 0.15) is 31.9 Å². The summed E-state index contributed by atoms with van der Waals surface area (Å²) in [6.07, 6.45) is 1.40. The van der Waals surface area contributed by atoms with E-state index in [1.165, 1.54) is 11.1 Å². The van der Waals surface area contributed by atoms with Gasteiger partial charge in [0.2, 0.25) is 0 Å². The summed E-state index contributed by atoms with van der Waals surface area (Å²) in [7, 11) is 2.90. The zero-order chi connectivity index (χ0) is 17.0. The van der Waals surface area contributed by atoms with E-state index in [1.807, 2.05) is 26.8 Å². The third-order valence-electron chi connectivity index (χ3n) is 3.88. The van der Waals surface area contributed by atoms with Gasteiger partial charge in [-0.15, -0.1) is 0 Å². The topological polar surface area (TPSA) is 48.0 Å². The van der Waals surface area contributed by atoms with Crippen molar-refractivity contribution in [2.75, 3.05) is 27.3 Å². The van der Waals surface area contributed by atoms with Crippen molar-refractivity contribution in [2.24, 2.45) is 0 Å². The van der Waals surface area contributed by atoms with E-state index in [0.717, 1.165) is 18.3 Å². The molecule has 1 heterocycles. The molecule has 1 aliphatic heterocycles. The highest BCUT2D eigenvalue weighted by Crippen LogP contribution is 2.17. The number of fused-ring (bicyclic) bond motifs is 1. The lowest BCUT2D eigenvalue weighted by atomic mass is 9.77. The van der Waals surface area contributed by atoms with E-state index in [-0.39, 0.29) is 13.2 Å². The average Bonchev–Trinajstić information content (AvgIpc) is 2.69. The molecular formula is C17H26BNO4. The molecule has 0 bridgehead atoms. The Morgan fingerprint density at radius 2 is 1.70 bits per heavy atom. The molecule has 0 spiro atoms. The van der Waals surface area contributed by atoms with Gasteiger partial charge in [0.15, 0.2) is 0 Å². The SMILES string of the molecule is COB(OC)c1ccc2c(c1)CCN(C(=O)OC(C)(C)C)CC2. The molecule has 0 aromatic heterocycles. The molecule has 0 saturated heterocycles. The summed E-state index contributed by atoms with van der Waals surface area (Å²) in [5.41, 5.74) is 3.05. The van der Waals surface area contributed by atoms with Crippen molar-refractivity contribution in [2.45, 2.75) is 39.2 Å². The van der Waals surface area contributed by atoms with Crippen molar-refractivity contribution in [3.63, 3.8) is 0 Å². The maximum absolute atomic E-state index is 12.2. The van der Waals surface area contributed by atoms with Crippen LogP contribution in [0.3, 0.4) is 0 Å². The first-order chi connectivity index (χ1) is 10.8. The van der Waals surface area contributed by atoms with Gasteiger partial charge in [-0.3, -0.25) is 0 Å². The van der Waals surface area contributed by atoms with Crippen molar-refractivity contribution in [3.8, 4) is 0 Å². The summed E-state index contributed by atoms with van der Waals surface area (Å²) in [6, 6.07) is 6.25. The number of amides is 1. The molecular weight excluding hydrogens is 293 g/mol. The Morgan fingerprint density at radius 1 is 1.09 bits per heavy atom. The molecule has 0 saturated carbocycles. The lowest BCUT2D eigenvalue weighted by Crippen LogP contribution is -2.38. The second kappa shape index (κ2) is 7.36. The molecule has 0 fully saturated rings. The molecule has 126 valence electrons. The van der Waals surface area contributed by atoms with Crippen molar-refractivity contribution in [1.29, 1.82) is 0 Å². The fourth-order valence-corrected chi connectivity index (χ4v) is 2.77. The minimum absolute atomic E-state index is 0.239. The van der Waals surface area contributed by atoms with Crippen molar-refractivity contribution in [3.05, 3.63) is 29.3 Å². The Bertz CT molecular complexity index is 552. The monoisotopic (exact) mass is 319 g/mol. The summed E-state index contributed by atoms with van der Waals surface area (Å²) < 4.78 is 16.1. The van der Waals surface area contributed by atoms with E-state index in [2.05, 4.69) is 12.1 Å². The van der Waals surface area contributed by atoms with Crippen LogP contribution in [0.4, 0.5) is 4.79 Å². The van der Waals surface area contributed by atoms with Crippen LogP contribution < -0.4 is 5.46 Å². The number of benzene rings is 1. The molecule has 2 rings (SSSR count). The first-order valence-corrected chi connectivity index (χ1v) is 7.99. The van der Waals surface area contributed by atoms with Crippen LogP contribution in [0.25, 0.3) is 0 Å². The van der Waals surface area contributed by atoms with Gasteiger partial charge in [0.1, 0.15) is 5.60 Å². The third-order valence-corrected chi connectivity index (χ3v) is 3.88. The quantitative estimate of drug-likeness (QED) is 0.800. The van der Waals surface area contributed by atoms with E-state index >= 15 is 0 Å². The maximum atomic E-state index is 12.2. The first-order valence-electron chi connectivity index (χ1n) is 7.99. The number of ether oxygens (including phenoxy) is 1. The average molecular weight is 319 g/mol. The normalized spacial score (nSPS) is 14.9. The van der Waals surface area contributed by atoms with Crippen LogP contribution in [-0.4, -0.2) is 51.0 Å². The summed E-state index contributed by atoms with van der Waals surface area (Å²) in [5.74, 6) is 0. The van der Waals surface area contributed by atoms with Crippen LogP contribution in [0, 0.1) is 0 Å². The molecule has 23 heavy (non-hydrogen) atoms. The zero-order valence-corrected chi connectivity index (χ0v) is 14.7. The van der Waals surface area contributed by atoms with Crippen LogP contribution in [-0.2, 0) is 26.9 Å². The fraction of sp³-hybridized carbons (Fsp3) is 0.588. The summed E-state index contributed by atoms with van der Waals surface area (Å²) in [6.45, 7) is 7.01. The smallest absolute Gasteiger partial charge is 0.444 e. The molecule has 1 aromatic rings. The Kier molecular flexibility index (Phi) is 5.71. The summed E-state index contributed by atoms with van der Waals surface area (Å²) in [4.78, 5) is 14.0. The van der Waals surface area contributed by atoms with E-state index in [4.69, 9.17) is 14.0 Å². The number of carbonyl (C=O) groups excluding carboxylic acids is 1. The van der Waals surface area contributed by atoms with Crippen molar-refractivity contribution < 1.29 is 18.8 Å². The second-order valence-corrected chi connectivity index (χ2v) is 6.80. The maximum Gasteiger partial charge on any atom is 0.493 e. The molecule has 0 unspecified atom stereocenters. The largest absolute Gasteiger partial charge is 0.493 e. The van der Waals surface area contributed by atoms with Gasteiger partial charge in [-0.05, 0) is 50.2 Å². The van der Waals surface area contributed by atoms with E-state index < -0.39 is 5.60 Å². The molecule has 0 aliphatic carbocycles. The number of rotatable bonds is 3. The highest BCUT2D eigenvalue weighted by Gasteiger charge is 2.25. The van der Waals surface area contributed by atoms with Gasteiger partial charge in [0, 0.05) is 27.3 Å². The fourth-order valence-electron chi connectivity index (χ4n) is 2.77. The number of nitrogens with zero attached hydrogens (tertiary/aromatic N) is 1. The van der Waals surface area contributed by atoms with Crippen molar-refractivity contribution >= 4 is 18.7 Å². The molecule has 0 atom stereocenters. The Balaban J connectivity index is 2.09. The van der Waals surface area contributed by atoms with Crippen LogP contribution in [0.5, 0.6) is 0 Å². The van der Waals surface area contributed by atoms with Crippen LogP contribution in [0.15, 0.2) is 18.2 Å². The molecule has 1 amide bonds. The van der Waals surface area contributed by atoms with Gasteiger partial charge in [0.05, 0.1) is 0 Å². The van der Waals surface area contributed by atoms with Crippen LogP contribution in [0.2, 0.25) is 0 Å². The number of hydrogen-bond donors (Lipinski definition) is 0. The predicted molar refractivity (Wildman–Crippen MR) is 91.1 cm³/mol. The number of hydrogen-bond acceptors (Lipinski definition) is 4. The molecule has 1 aliphatic rings. The first kappa shape index (κ1) is 17.8. The van der Waals surface area contributed by atoms with Crippen LogP contribution >= 0.6 is 0 Å². The Morgan fingerprint density at radius 3 is 2.26 bits per heavy atom. The van der Waals surface area contributed by atoms with E-state index in [0.29, 0.717) is 13.1 Å². The molecule has 5 nitrogen and oxygen atoms in total. The third kappa shape index (κ3) is 4.72. The van der Waals surface area contributed by atoms with E-state index in [1.54, 1.807) is 19.1 Å². The van der Waals surface area contributed by atoms with Gasteiger partial charge in [-0.2, -0.15) is 0 Å². The lowest BCUT2D eigenvalue weighted by molar-refractivity contribution is 0.0258. The molecule has 0 radical (unpaired) electrons. The van der Waals surface area contributed by atoms with Crippen molar-refractivity contribution in [1.82, 2.24) is 4.90 Å².